The van der Waals surface area contributed by atoms with Crippen LogP contribution in [0.3, 0.4) is 0 Å². The van der Waals surface area contributed by atoms with Crippen LogP contribution in [-0.4, -0.2) is 41.8 Å². The molecule has 0 aliphatic carbocycles. The van der Waals surface area contributed by atoms with Crippen molar-refractivity contribution >= 4 is 0 Å². The molecule has 1 aliphatic heterocycles. The van der Waals surface area contributed by atoms with Gasteiger partial charge in [-0.2, -0.15) is 0 Å². The maximum atomic E-state index is 9.56. The highest BCUT2D eigenvalue weighted by atomic mass is 16.3. The van der Waals surface area contributed by atoms with Gasteiger partial charge < -0.3 is 5.11 Å². The predicted molar refractivity (Wildman–Crippen MR) is 54.9 cm³/mol. The van der Waals surface area contributed by atoms with E-state index >= 15 is 0 Å². The van der Waals surface area contributed by atoms with Gasteiger partial charge in [0.05, 0.1) is 6.10 Å². The fourth-order valence-electron chi connectivity index (χ4n) is 2.06. The third kappa shape index (κ3) is 3.18. The van der Waals surface area contributed by atoms with Crippen molar-refractivity contribution in [2.45, 2.75) is 38.3 Å². The van der Waals surface area contributed by atoms with E-state index in [1.54, 1.807) is 0 Å². The third-order valence-electron chi connectivity index (χ3n) is 2.77. The van der Waals surface area contributed by atoms with Gasteiger partial charge >= 0.3 is 0 Å². The van der Waals surface area contributed by atoms with Crippen molar-refractivity contribution < 1.29 is 5.11 Å². The van der Waals surface area contributed by atoms with Crippen LogP contribution < -0.4 is 0 Å². The molecule has 1 N–H and O–H groups in total. The normalized spacial score (nSPS) is 25.4. The number of rotatable bonds is 4. The van der Waals surface area contributed by atoms with Crippen LogP contribution in [0.5, 0.6) is 0 Å². The molecule has 1 saturated heterocycles. The molecule has 5 nitrogen and oxygen atoms in total. The zero-order valence-electron chi connectivity index (χ0n) is 8.63. The molecular formula is C9H18N4O. The summed E-state index contributed by atoms with van der Waals surface area (Å²) in [6.07, 6.45) is 3.13. The number of hydrogen-bond donors (Lipinski definition) is 1. The summed E-state index contributed by atoms with van der Waals surface area (Å²) in [7, 11) is 0. The second kappa shape index (κ2) is 5.86. The average molecular weight is 198 g/mol. The van der Waals surface area contributed by atoms with Gasteiger partial charge in [0.15, 0.2) is 0 Å². The summed E-state index contributed by atoms with van der Waals surface area (Å²) in [5.41, 5.74) is 8.16. The van der Waals surface area contributed by atoms with Crippen LogP contribution in [0.25, 0.3) is 10.4 Å². The van der Waals surface area contributed by atoms with Gasteiger partial charge in [0, 0.05) is 24.0 Å². The number of hydrogen-bond acceptors (Lipinski definition) is 3. The van der Waals surface area contributed by atoms with Gasteiger partial charge in [0.2, 0.25) is 0 Å². The molecule has 0 spiro atoms. The first-order valence-corrected chi connectivity index (χ1v) is 5.18. The highest BCUT2D eigenvalue weighted by molar-refractivity contribution is 4.81. The van der Waals surface area contributed by atoms with Crippen molar-refractivity contribution in [1.82, 2.24) is 4.90 Å². The first-order valence-electron chi connectivity index (χ1n) is 5.18. The van der Waals surface area contributed by atoms with Crippen molar-refractivity contribution in [2.24, 2.45) is 5.11 Å². The zero-order chi connectivity index (χ0) is 10.4. The number of piperidine rings is 1. The highest BCUT2D eigenvalue weighted by Gasteiger charge is 2.25. The topological polar surface area (TPSA) is 72.2 Å². The van der Waals surface area contributed by atoms with Crippen LogP contribution in [0, 0.1) is 0 Å². The molecule has 0 aromatic rings. The Labute approximate surface area is 84.3 Å². The minimum atomic E-state index is -0.290. The number of likely N-dealkylation sites (tertiary alicyclic amines) is 1. The Morgan fingerprint density at radius 2 is 2.43 bits per heavy atom. The molecule has 0 amide bonds. The molecule has 1 aliphatic rings. The fraction of sp³-hybridized carbons (Fsp3) is 1.00. The standard InChI is InChI=1S/C9H18N4O/c1-8(14)9-4-2-3-6-13(9)7-5-11-12-10/h8-9,14H,2-7H2,1H3/t8-,9+/m0/s1. The second-order valence-corrected chi connectivity index (χ2v) is 3.79. The van der Waals surface area contributed by atoms with Gasteiger partial charge in [0.1, 0.15) is 0 Å². The Bertz CT molecular complexity index is 213. The van der Waals surface area contributed by atoms with Gasteiger partial charge in [-0.3, -0.25) is 4.90 Å². The molecule has 2 atom stereocenters. The van der Waals surface area contributed by atoms with E-state index in [1.165, 1.54) is 12.8 Å². The van der Waals surface area contributed by atoms with Crippen LogP contribution >= 0.6 is 0 Å². The van der Waals surface area contributed by atoms with Crippen LogP contribution in [0.2, 0.25) is 0 Å². The number of aliphatic hydroxyl groups excluding tert-OH is 1. The maximum Gasteiger partial charge on any atom is 0.0667 e. The third-order valence-corrected chi connectivity index (χ3v) is 2.77. The van der Waals surface area contributed by atoms with E-state index in [-0.39, 0.29) is 12.1 Å². The van der Waals surface area contributed by atoms with Crippen molar-refractivity contribution in [3.8, 4) is 0 Å². The van der Waals surface area contributed by atoms with E-state index < -0.39 is 0 Å². The van der Waals surface area contributed by atoms with Crippen LogP contribution in [0.1, 0.15) is 26.2 Å². The van der Waals surface area contributed by atoms with Crippen molar-refractivity contribution in [2.75, 3.05) is 19.6 Å². The molecule has 1 fully saturated rings. The monoisotopic (exact) mass is 198 g/mol. The van der Waals surface area contributed by atoms with E-state index in [1.807, 2.05) is 6.92 Å². The maximum absolute atomic E-state index is 9.56. The summed E-state index contributed by atoms with van der Waals surface area (Å²) in [5, 5.41) is 13.1. The average Bonchev–Trinajstić information content (AvgIpc) is 2.19. The minimum Gasteiger partial charge on any atom is -0.392 e. The number of nitrogens with zero attached hydrogens (tertiary/aromatic N) is 4. The summed E-state index contributed by atoms with van der Waals surface area (Å²) < 4.78 is 0. The fourth-order valence-corrected chi connectivity index (χ4v) is 2.06. The molecule has 0 bridgehead atoms. The number of aliphatic hydroxyl groups is 1. The van der Waals surface area contributed by atoms with Crippen molar-refractivity contribution in [1.29, 1.82) is 0 Å². The Balaban J connectivity index is 2.41. The van der Waals surface area contributed by atoms with Crippen molar-refractivity contribution in [3.05, 3.63) is 10.4 Å². The summed E-state index contributed by atoms with van der Waals surface area (Å²) in [6.45, 7) is 4.10. The first-order chi connectivity index (χ1) is 6.75. The minimum absolute atomic E-state index is 0.248. The molecule has 80 valence electrons. The Morgan fingerprint density at radius 1 is 1.64 bits per heavy atom. The lowest BCUT2D eigenvalue weighted by Crippen LogP contribution is -2.46. The van der Waals surface area contributed by atoms with Gasteiger partial charge in [-0.15, -0.1) is 0 Å². The van der Waals surface area contributed by atoms with Gasteiger partial charge in [-0.25, -0.2) is 0 Å². The molecule has 0 aromatic carbocycles. The predicted octanol–water partition coefficient (Wildman–Crippen LogP) is 1.53. The summed E-state index contributed by atoms with van der Waals surface area (Å²) >= 11 is 0. The Hall–Kier alpha value is -0.770. The van der Waals surface area contributed by atoms with Crippen LogP contribution in [0.4, 0.5) is 0 Å². The lowest BCUT2D eigenvalue weighted by atomic mass is 9.98. The van der Waals surface area contributed by atoms with E-state index in [0.29, 0.717) is 6.54 Å². The summed E-state index contributed by atoms with van der Waals surface area (Å²) in [4.78, 5) is 4.95. The molecular weight excluding hydrogens is 180 g/mol. The largest absolute Gasteiger partial charge is 0.392 e. The first kappa shape index (κ1) is 11.3. The lowest BCUT2D eigenvalue weighted by molar-refractivity contribution is 0.0385. The van der Waals surface area contributed by atoms with Gasteiger partial charge in [-0.05, 0) is 31.8 Å². The van der Waals surface area contributed by atoms with E-state index in [4.69, 9.17) is 5.53 Å². The molecule has 14 heavy (non-hydrogen) atoms. The van der Waals surface area contributed by atoms with Crippen LogP contribution in [-0.2, 0) is 0 Å². The van der Waals surface area contributed by atoms with E-state index in [0.717, 1.165) is 19.5 Å². The Morgan fingerprint density at radius 3 is 3.07 bits per heavy atom. The molecule has 0 saturated carbocycles. The zero-order valence-corrected chi connectivity index (χ0v) is 8.63. The quantitative estimate of drug-likeness (QED) is 0.422. The molecule has 5 heteroatoms. The van der Waals surface area contributed by atoms with E-state index in [2.05, 4.69) is 14.9 Å². The number of azide groups is 1. The van der Waals surface area contributed by atoms with Gasteiger partial charge in [0.25, 0.3) is 0 Å². The van der Waals surface area contributed by atoms with Gasteiger partial charge in [-0.1, -0.05) is 11.5 Å². The molecule has 0 aromatic heterocycles. The highest BCUT2D eigenvalue weighted by Crippen LogP contribution is 2.19. The summed E-state index contributed by atoms with van der Waals surface area (Å²) in [6, 6.07) is 0.248. The second-order valence-electron chi connectivity index (χ2n) is 3.79. The summed E-state index contributed by atoms with van der Waals surface area (Å²) in [5.74, 6) is 0. The molecule has 1 heterocycles. The Kier molecular flexibility index (Phi) is 4.73. The van der Waals surface area contributed by atoms with E-state index in [9.17, 15) is 5.11 Å². The van der Waals surface area contributed by atoms with Crippen molar-refractivity contribution in [3.63, 3.8) is 0 Å². The SMILES string of the molecule is C[C@H](O)[C@H]1CCCCN1CCN=[N+]=[N-]. The smallest absolute Gasteiger partial charge is 0.0667 e. The van der Waals surface area contributed by atoms with Crippen LogP contribution in [0.15, 0.2) is 5.11 Å². The molecule has 1 rings (SSSR count). The lowest BCUT2D eigenvalue weighted by Gasteiger charge is -2.37. The molecule has 0 radical (unpaired) electrons. The molecule has 0 unspecified atom stereocenters.